The lowest BCUT2D eigenvalue weighted by molar-refractivity contribution is -0.384. The van der Waals surface area contributed by atoms with Crippen LogP contribution in [-0.4, -0.2) is 97.3 Å². The highest BCUT2D eigenvalue weighted by Crippen LogP contribution is 2.17. The van der Waals surface area contributed by atoms with Crippen LogP contribution in [0.2, 0.25) is 0 Å². The molecular weight excluding hydrogens is 742 g/mol. The monoisotopic (exact) mass is 791 g/mol. The first-order valence-electron chi connectivity index (χ1n) is 17.0. The van der Waals surface area contributed by atoms with E-state index >= 15 is 0 Å². The number of benzene rings is 2. The lowest BCUT2D eigenvalue weighted by atomic mass is 10.0. The lowest BCUT2D eigenvalue weighted by Crippen LogP contribution is -2.44. The minimum atomic E-state index is -1.45. The molecule has 0 aromatic heterocycles. The molecule has 0 aliphatic carbocycles. The maximum atomic E-state index is 11.7. The van der Waals surface area contributed by atoms with Gasteiger partial charge >= 0.3 is 24.1 Å². The van der Waals surface area contributed by atoms with E-state index in [2.05, 4.69) is 15.4 Å². The maximum absolute atomic E-state index is 11.7. The Labute approximate surface area is 321 Å². The van der Waals surface area contributed by atoms with Crippen molar-refractivity contribution >= 4 is 47.5 Å². The molecule has 21 nitrogen and oxygen atoms in total. The number of hydrogen-bond donors (Lipinski definition) is 9. The average Bonchev–Trinajstić information content (AvgIpc) is 3.45. The van der Waals surface area contributed by atoms with Crippen molar-refractivity contribution in [3.05, 3.63) is 82.4 Å². The van der Waals surface area contributed by atoms with Gasteiger partial charge in [-0.25, -0.2) is 14.4 Å². The first kappa shape index (κ1) is 49.6. The second kappa shape index (κ2) is 27.2. The molecule has 56 heavy (non-hydrogen) atoms. The Balaban J connectivity index is 0.000000765. The molecule has 308 valence electrons. The van der Waals surface area contributed by atoms with Gasteiger partial charge in [0, 0.05) is 43.8 Å². The molecule has 0 bridgehead atoms. The summed E-state index contributed by atoms with van der Waals surface area (Å²) in [6, 6.07) is 11.5. The fraction of sp³-hybridized carbons (Fsp3) is 0.400. The Kier molecular flexibility index (Phi) is 24.0. The largest absolute Gasteiger partial charge is 0.511 e. The third kappa shape index (κ3) is 22.6. The number of aliphatic carboxylic acids is 2. The molecule has 1 aliphatic rings. The van der Waals surface area contributed by atoms with Crippen LogP contribution in [0.3, 0.4) is 0 Å². The number of aliphatic hydroxyl groups is 1. The first-order valence-corrected chi connectivity index (χ1v) is 17.0. The summed E-state index contributed by atoms with van der Waals surface area (Å²) in [7, 11) is 0. The van der Waals surface area contributed by atoms with Crippen LogP contribution in [-0.2, 0) is 24.0 Å². The van der Waals surface area contributed by atoms with E-state index in [1.54, 1.807) is 26.0 Å². The molecule has 0 saturated heterocycles. The van der Waals surface area contributed by atoms with Crippen molar-refractivity contribution in [1.29, 1.82) is 0 Å². The summed E-state index contributed by atoms with van der Waals surface area (Å²) in [5.41, 5.74) is 15.8. The van der Waals surface area contributed by atoms with Crippen molar-refractivity contribution in [2.24, 2.45) is 23.1 Å². The number of nitro groups is 1. The van der Waals surface area contributed by atoms with Crippen LogP contribution in [0.1, 0.15) is 64.2 Å². The second-order valence-corrected chi connectivity index (χ2v) is 12.0. The molecule has 1 heterocycles. The Morgan fingerprint density at radius 1 is 0.857 bits per heavy atom. The number of carboxylic acid groups (broad SMARTS) is 3. The summed E-state index contributed by atoms with van der Waals surface area (Å²) < 4.78 is 4.24. The number of ether oxygens (including phenoxy) is 1. The topological polar surface area (TPSA) is 358 Å². The van der Waals surface area contributed by atoms with Gasteiger partial charge in [0.1, 0.15) is 24.1 Å². The fourth-order valence-corrected chi connectivity index (χ4v) is 4.19. The molecule has 0 saturated carbocycles. The molecule has 0 fully saturated rings. The van der Waals surface area contributed by atoms with Crippen LogP contribution < -0.4 is 32.6 Å². The normalized spacial score (nSPS) is 12.9. The molecule has 1 aliphatic heterocycles. The number of non-ortho nitro benzene ring substituents is 1. The SMILES string of the molecule is CC(C)[C@H](NC(=O)CCCCCN1C(=O)C=CC1=O)C(=O)O.NC(=O)NCCC[C@H](N)C(=O)O.NC(O)c1ccccc1.O=C(O)Oc1ccc([N+](=O)[O-])cc1. The van der Waals surface area contributed by atoms with Crippen LogP contribution in [0.15, 0.2) is 66.7 Å². The number of rotatable bonds is 17. The van der Waals surface area contributed by atoms with E-state index in [1.165, 1.54) is 29.2 Å². The highest BCUT2D eigenvalue weighted by molar-refractivity contribution is 6.12. The van der Waals surface area contributed by atoms with Crippen LogP contribution in [0.25, 0.3) is 0 Å². The van der Waals surface area contributed by atoms with E-state index in [0.29, 0.717) is 45.2 Å². The van der Waals surface area contributed by atoms with Gasteiger partial charge in [-0.15, -0.1) is 0 Å². The zero-order valence-electron chi connectivity index (χ0n) is 30.8. The van der Waals surface area contributed by atoms with E-state index in [1.807, 2.05) is 18.2 Å². The molecule has 12 N–H and O–H groups in total. The standard InChI is InChI=1S/C15H22N2O5.C7H5NO5.C7H9NO.C6H13N3O3/c1-10(2)14(15(21)22)16-11(18)6-4-3-5-9-17-12(19)7-8-13(17)20;9-7(10)13-6-3-1-5(2-4-6)8(11)12;8-7(9)6-4-2-1-3-5-6;7-4(5(10)11)2-1-3-9-6(8)12/h7-8,10,14H,3-6,9H2,1-2H3,(H,16,18)(H,21,22);1-4H,(H,9,10);1-5,7,9H,8H2;4H,1-3,7H2,(H,10,11)(H3,8,9,12)/t14-;;;4-/m0..0/s1. The van der Waals surface area contributed by atoms with Gasteiger partial charge in [-0.05, 0) is 49.3 Å². The lowest BCUT2D eigenvalue weighted by Gasteiger charge is -2.18. The minimum Gasteiger partial charge on any atom is -0.480 e. The molecule has 0 radical (unpaired) electrons. The number of unbranched alkanes of at least 4 members (excludes halogenated alkanes) is 2. The number of amides is 5. The Morgan fingerprint density at radius 3 is 1.86 bits per heavy atom. The predicted molar refractivity (Wildman–Crippen MR) is 199 cm³/mol. The molecule has 2 aromatic carbocycles. The molecular formula is C35H49N7O14. The fourth-order valence-electron chi connectivity index (χ4n) is 4.19. The molecule has 3 atom stereocenters. The summed E-state index contributed by atoms with van der Waals surface area (Å²) in [4.78, 5) is 86.4. The second-order valence-electron chi connectivity index (χ2n) is 12.0. The molecule has 2 aromatic rings. The molecule has 1 unspecified atom stereocenters. The van der Waals surface area contributed by atoms with E-state index < -0.39 is 47.4 Å². The van der Waals surface area contributed by atoms with Crippen molar-refractivity contribution < 1.29 is 63.6 Å². The number of carbonyl (C=O) groups is 7. The van der Waals surface area contributed by atoms with E-state index in [-0.39, 0.29) is 41.5 Å². The third-order valence-corrected chi connectivity index (χ3v) is 7.14. The number of aliphatic hydroxyl groups excluding tert-OH is 1. The quantitative estimate of drug-likeness (QED) is 0.0210. The number of nitrogens with zero attached hydrogens (tertiary/aromatic N) is 2. The Hall–Kier alpha value is -6.45. The van der Waals surface area contributed by atoms with Gasteiger partial charge in [0.05, 0.1) is 4.92 Å². The number of primary amides is 1. The predicted octanol–water partition coefficient (Wildman–Crippen LogP) is 1.83. The number of urea groups is 1. The van der Waals surface area contributed by atoms with Gasteiger partial charge in [-0.1, -0.05) is 50.6 Å². The number of nitrogens with two attached hydrogens (primary N) is 3. The van der Waals surface area contributed by atoms with Crippen molar-refractivity contribution in [3.8, 4) is 5.75 Å². The average molecular weight is 792 g/mol. The summed E-state index contributed by atoms with van der Waals surface area (Å²) in [6.45, 7) is 4.17. The van der Waals surface area contributed by atoms with Gasteiger partial charge < -0.3 is 53.0 Å². The first-order chi connectivity index (χ1) is 26.3. The number of nitro benzene ring substituents is 1. The van der Waals surface area contributed by atoms with Crippen molar-refractivity contribution in [2.45, 2.75) is 70.7 Å². The van der Waals surface area contributed by atoms with E-state index in [0.717, 1.165) is 17.7 Å². The van der Waals surface area contributed by atoms with Crippen LogP contribution in [0.5, 0.6) is 5.75 Å². The van der Waals surface area contributed by atoms with Gasteiger partial charge in [0.2, 0.25) is 5.91 Å². The van der Waals surface area contributed by atoms with Crippen LogP contribution >= 0.6 is 0 Å². The molecule has 0 spiro atoms. The zero-order valence-corrected chi connectivity index (χ0v) is 30.8. The summed E-state index contributed by atoms with van der Waals surface area (Å²) in [6.07, 6.45) is 3.16. The summed E-state index contributed by atoms with van der Waals surface area (Å²) >= 11 is 0. The minimum absolute atomic E-state index is 0.0538. The van der Waals surface area contributed by atoms with Crippen molar-refractivity contribution in [1.82, 2.24) is 15.5 Å². The molecule has 5 amide bonds. The van der Waals surface area contributed by atoms with E-state index in [4.69, 9.17) is 37.6 Å². The third-order valence-electron chi connectivity index (χ3n) is 7.14. The van der Waals surface area contributed by atoms with Gasteiger partial charge in [-0.3, -0.25) is 34.2 Å². The molecule has 21 heteroatoms. The van der Waals surface area contributed by atoms with Crippen molar-refractivity contribution in [2.75, 3.05) is 13.1 Å². The summed E-state index contributed by atoms with van der Waals surface area (Å²) in [5.74, 6) is -3.10. The van der Waals surface area contributed by atoms with Gasteiger partial charge in [-0.2, -0.15) is 0 Å². The number of nitrogens with one attached hydrogen (secondary N) is 2. The Bertz CT molecular complexity index is 1600. The number of hydrogen-bond acceptors (Lipinski definition) is 13. The highest BCUT2D eigenvalue weighted by Gasteiger charge is 2.24. The van der Waals surface area contributed by atoms with Crippen LogP contribution in [0.4, 0.5) is 15.3 Å². The smallest absolute Gasteiger partial charge is 0.480 e. The van der Waals surface area contributed by atoms with E-state index in [9.17, 15) is 43.7 Å². The highest BCUT2D eigenvalue weighted by atomic mass is 16.7. The van der Waals surface area contributed by atoms with Gasteiger partial charge in [0.15, 0.2) is 0 Å². The number of imide groups is 1. The van der Waals surface area contributed by atoms with Gasteiger partial charge in [0.25, 0.3) is 17.5 Å². The Morgan fingerprint density at radius 2 is 1.43 bits per heavy atom. The maximum Gasteiger partial charge on any atom is 0.511 e. The molecule has 3 rings (SSSR count). The number of carboxylic acids is 2. The van der Waals surface area contributed by atoms with Crippen molar-refractivity contribution in [3.63, 3.8) is 0 Å². The number of carbonyl (C=O) groups excluding carboxylic acids is 4. The summed E-state index contributed by atoms with van der Waals surface area (Å²) in [5, 5.41) is 49.3. The van der Waals surface area contributed by atoms with Crippen LogP contribution in [0, 0.1) is 16.0 Å². The zero-order chi connectivity index (χ0) is 42.8.